The van der Waals surface area contributed by atoms with E-state index in [0.29, 0.717) is 5.15 Å². The van der Waals surface area contributed by atoms with Crippen LogP contribution in [0.3, 0.4) is 0 Å². The summed E-state index contributed by atoms with van der Waals surface area (Å²) in [5, 5.41) is 2.49. The van der Waals surface area contributed by atoms with E-state index in [4.69, 9.17) is 11.6 Å². The molecule has 0 aliphatic carbocycles. The number of hydrogen-bond acceptors (Lipinski definition) is 4. The third kappa shape index (κ3) is 7.40. The van der Waals surface area contributed by atoms with Crippen LogP contribution in [0, 0.1) is 11.6 Å². The Hall–Kier alpha value is -3.36. The van der Waals surface area contributed by atoms with Gasteiger partial charge in [-0.2, -0.15) is 0 Å². The van der Waals surface area contributed by atoms with Gasteiger partial charge in [0.25, 0.3) is 0 Å². The van der Waals surface area contributed by atoms with Gasteiger partial charge in [0.2, 0.25) is 5.56 Å². The number of nitrogens with zero attached hydrogens (tertiary/aromatic N) is 1. The molecule has 0 spiro atoms. The molecule has 9 heteroatoms. The average Bonchev–Trinajstić information content (AvgIpc) is 2.91. The fraction of sp³-hybridized carbons (Fsp3) is 0. The molecule has 3 nitrogen and oxygen atoms in total. The molecule has 0 unspecified atom stereocenters. The van der Waals surface area contributed by atoms with Crippen molar-refractivity contribution in [2.75, 3.05) is 0 Å². The van der Waals surface area contributed by atoms with Crippen molar-refractivity contribution in [1.29, 1.82) is 0 Å². The van der Waals surface area contributed by atoms with Crippen LogP contribution in [0.1, 0.15) is 0 Å². The standard InChI is InChI=1S/C15H9ClFNS.C15H10FNOS.ClH/c16-15-9-14(12-3-1-2-4-13(12)18-15)19-11-7-5-10(17)6-8-11;16-10-5-7-11(8-6-10)19-14-9-15(18)17-13-4-2-1-3-12(13)14;/h1-9H;1-9H,(H,17,18);1H. The van der Waals surface area contributed by atoms with Gasteiger partial charge in [0.15, 0.2) is 0 Å². The SMILES string of the molecule is Cl.Fc1ccc(Sc2cc(Cl)nc3ccccc23)cc1.O=c1cc(Sc2ccc(F)cc2)c2ccccc2[nH]1. The minimum atomic E-state index is -0.264. The summed E-state index contributed by atoms with van der Waals surface area (Å²) in [7, 11) is 0. The van der Waals surface area contributed by atoms with E-state index in [1.165, 1.54) is 36.0 Å². The molecule has 0 amide bonds. The maximum Gasteiger partial charge on any atom is 0.249 e. The van der Waals surface area contributed by atoms with Crippen LogP contribution in [-0.4, -0.2) is 9.97 Å². The van der Waals surface area contributed by atoms with Crippen LogP contribution >= 0.6 is 47.5 Å². The molecule has 1 N–H and O–H groups in total. The summed E-state index contributed by atoms with van der Waals surface area (Å²) in [4.78, 5) is 22.4. The predicted octanol–water partition coefficient (Wildman–Crippen LogP) is 9.42. The van der Waals surface area contributed by atoms with Crippen LogP contribution in [0.25, 0.3) is 21.8 Å². The Morgan fingerprint density at radius 2 is 1.18 bits per heavy atom. The van der Waals surface area contributed by atoms with Gasteiger partial charge in [-0.3, -0.25) is 4.79 Å². The molecule has 0 aliphatic rings. The number of fused-ring (bicyclic) bond motifs is 2. The first-order valence-corrected chi connectivity index (χ1v) is 13.5. The van der Waals surface area contributed by atoms with Crippen molar-refractivity contribution in [2.24, 2.45) is 0 Å². The highest BCUT2D eigenvalue weighted by molar-refractivity contribution is 7.99. The summed E-state index contributed by atoms with van der Waals surface area (Å²) < 4.78 is 25.8. The van der Waals surface area contributed by atoms with E-state index in [1.54, 1.807) is 42.1 Å². The fourth-order valence-electron chi connectivity index (χ4n) is 3.71. The Morgan fingerprint density at radius 1 is 0.667 bits per heavy atom. The number of hydrogen-bond donors (Lipinski definition) is 1. The van der Waals surface area contributed by atoms with Gasteiger partial charge in [0.1, 0.15) is 16.8 Å². The second-order valence-electron chi connectivity index (χ2n) is 8.12. The molecule has 0 bridgehead atoms. The number of aromatic amines is 1. The summed E-state index contributed by atoms with van der Waals surface area (Å²) in [5.41, 5.74) is 1.53. The van der Waals surface area contributed by atoms with E-state index in [0.717, 1.165) is 41.4 Å². The molecule has 4 aromatic carbocycles. The zero-order chi connectivity index (χ0) is 26.5. The number of aromatic nitrogens is 2. The molecule has 196 valence electrons. The van der Waals surface area contributed by atoms with E-state index < -0.39 is 0 Å². The average molecular weight is 598 g/mol. The number of H-pyrrole nitrogens is 1. The monoisotopic (exact) mass is 596 g/mol. The fourth-order valence-corrected chi connectivity index (χ4v) is 5.94. The van der Waals surface area contributed by atoms with Crippen LogP contribution in [0.2, 0.25) is 5.15 Å². The molecule has 0 atom stereocenters. The number of pyridine rings is 2. The van der Waals surface area contributed by atoms with Crippen LogP contribution < -0.4 is 5.56 Å². The van der Waals surface area contributed by atoms with Crippen LogP contribution in [0.15, 0.2) is 134 Å². The van der Waals surface area contributed by atoms with Gasteiger partial charge >= 0.3 is 0 Å². The molecule has 2 aromatic heterocycles. The Balaban J connectivity index is 0.000000176. The van der Waals surface area contributed by atoms with Crippen molar-refractivity contribution in [3.05, 3.63) is 136 Å². The molecule has 0 fully saturated rings. The molecular formula is C30H20Cl2F2N2OS2. The zero-order valence-corrected chi connectivity index (χ0v) is 23.3. The van der Waals surface area contributed by atoms with Gasteiger partial charge in [-0.25, -0.2) is 13.8 Å². The van der Waals surface area contributed by atoms with Crippen molar-refractivity contribution in [2.45, 2.75) is 19.6 Å². The van der Waals surface area contributed by atoms with Crippen molar-refractivity contribution in [1.82, 2.24) is 9.97 Å². The molecule has 0 radical (unpaired) electrons. The smallest absolute Gasteiger partial charge is 0.249 e. The molecule has 0 aliphatic heterocycles. The van der Waals surface area contributed by atoms with Crippen LogP contribution in [-0.2, 0) is 0 Å². The first kappa shape index (κ1) is 28.6. The first-order valence-electron chi connectivity index (χ1n) is 11.5. The highest BCUT2D eigenvalue weighted by atomic mass is 35.5. The van der Waals surface area contributed by atoms with Gasteiger partial charge < -0.3 is 4.98 Å². The lowest BCUT2D eigenvalue weighted by Crippen LogP contribution is -2.04. The van der Waals surface area contributed by atoms with E-state index in [9.17, 15) is 13.6 Å². The molecule has 0 saturated carbocycles. The largest absolute Gasteiger partial charge is 0.322 e. The van der Waals surface area contributed by atoms with Gasteiger partial charge in [-0.1, -0.05) is 71.5 Å². The lowest BCUT2D eigenvalue weighted by Gasteiger charge is -2.06. The highest BCUT2D eigenvalue weighted by Crippen LogP contribution is 2.35. The van der Waals surface area contributed by atoms with Gasteiger partial charge in [-0.05, 0) is 66.7 Å². The minimum absolute atomic E-state index is 0. The molecule has 6 rings (SSSR count). The van der Waals surface area contributed by atoms with Crippen molar-refractivity contribution >= 4 is 69.3 Å². The van der Waals surface area contributed by atoms with Gasteiger partial charge in [0.05, 0.1) is 5.52 Å². The number of para-hydroxylation sites is 2. The maximum absolute atomic E-state index is 12.9. The maximum atomic E-state index is 12.9. The summed E-state index contributed by atoms with van der Waals surface area (Å²) in [6.07, 6.45) is 0. The van der Waals surface area contributed by atoms with Crippen molar-refractivity contribution in [3.8, 4) is 0 Å². The Bertz CT molecular complexity index is 1780. The molecule has 0 saturated heterocycles. The van der Waals surface area contributed by atoms with Crippen molar-refractivity contribution in [3.63, 3.8) is 0 Å². The Kier molecular flexibility index (Phi) is 9.64. The second-order valence-corrected chi connectivity index (χ2v) is 10.7. The summed E-state index contributed by atoms with van der Waals surface area (Å²) >= 11 is 9.03. The lowest BCUT2D eigenvalue weighted by atomic mass is 10.2. The van der Waals surface area contributed by atoms with Crippen LogP contribution in [0.5, 0.6) is 0 Å². The third-order valence-corrected chi connectivity index (χ3v) is 7.77. The van der Waals surface area contributed by atoms with E-state index in [-0.39, 0.29) is 29.6 Å². The van der Waals surface area contributed by atoms with Crippen molar-refractivity contribution < 1.29 is 8.78 Å². The van der Waals surface area contributed by atoms with Crippen LogP contribution in [0.4, 0.5) is 8.78 Å². The Morgan fingerprint density at radius 3 is 1.79 bits per heavy atom. The summed E-state index contributed by atoms with van der Waals surface area (Å²) in [6.45, 7) is 0. The van der Waals surface area contributed by atoms with E-state index in [1.807, 2.05) is 54.6 Å². The topological polar surface area (TPSA) is 45.8 Å². The number of nitrogens with one attached hydrogen (secondary N) is 1. The number of benzene rings is 4. The normalized spacial score (nSPS) is 10.5. The molecule has 39 heavy (non-hydrogen) atoms. The zero-order valence-electron chi connectivity index (χ0n) is 20.1. The predicted molar refractivity (Wildman–Crippen MR) is 160 cm³/mol. The molecule has 6 aromatic rings. The van der Waals surface area contributed by atoms with E-state index in [2.05, 4.69) is 9.97 Å². The number of halogens is 4. The Labute approximate surface area is 243 Å². The quantitative estimate of drug-likeness (QED) is 0.206. The van der Waals surface area contributed by atoms with Gasteiger partial charge in [-0.15, -0.1) is 12.4 Å². The lowest BCUT2D eigenvalue weighted by molar-refractivity contribution is 0.626. The highest BCUT2D eigenvalue weighted by Gasteiger charge is 2.07. The van der Waals surface area contributed by atoms with E-state index >= 15 is 0 Å². The first-order chi connectivity index (χ1) is 18.4. The minimum Gasteiger partial charge on any atom is -0.322 e. The molecular weight excluding hydrogens is 577 g/mol. The summed E-state index contributed by atoms with van der Waals surface area (Å²) in [5.74, 6) is -0.498. The second kappa shape index (κ2) is 13.1. The number of rotatable bonds is 4. The molecule has 2 heterocycles. The van der Waals surface area contributed by atoms with Gasteiger partial charge in [0, 0.05) is 41.9 Å². The third-order valence-electron chi connectivity index (χ3n) is 5.44. The summed E-state index contributed by atoms with van der Waals surface area (Å²) in [6, 6.07) is 31.5.